The number of carbonyl (C=O) groups is 2. The van der Waals surface area contributed by atoms with E-state index in [9.17, 15) is 18.4 Å². The highest BCUT2D eigenvalue weighted by molar-refractivity contribution is 6.02. The number of amides is 2. The summed E-state index contributed by atoms with van der Waals surface area (Å²) in [6.45, 7) is 1.22. The van der Waals surface area contributed by atoms with Crippen molar-refractivity contribution in [2.45, 2.75) is 25.2 Å². The third-order valence-corrected chi connectivity index (χ3v) is 4.13. The Morgan fingerprint density at radius 2 is 1.54 bits per heavy atom. The molecule has 1 fully saturated rings. The molecule has 1 saturated carbocycles. The second-order valence-electron chi connectivity index (χ2n) is 5.90. The van der Waals surface area contributed by atoms with Crippen LogP contribution in [0.15, 0.2) is 42.5 Å². The van der Waals surface area contributed by atoms with E-state index in [1.807, 2.05) is 30.3 Å². The predicted octanol–water partition coefficient (Wildman–Crippen LogP) is 3.59. The van der Waals surface area contributed by atoms with Gasteiger partial charge in [0.2, 0.25) is 11.8 Å². The molecule has 6 heteroatoms. The first-order valence-corrected chi connectivity index (χ1v) is 7.56. The van der Waals surface area contributed by atoms with E-state index < -0.39 is 23.0 Å². The van der Waals surface area contributed by atoms with Gasteiger partial charge in [-0.15, -0.1) is 0 Å². The van der Waals surface area contributed by atoms with E-state index >= 15 is 0 Å². The van der Waals surface area contributed by atoms with Crippen LogP contribution in [0.1, 0.15) is 25.3 Å². The molecule has 2 N–H and O–H groups in total. The van der Waals surface area contributed by atoms with E-state index in [-0.39, 0.29) is 17.3 Å². The maximum atomic E-state index is 14.0. The lowest BCUT2D eigenvalue weighted by atomic mass is 9.95. The topological polar surface area (TPSA) is 58.2 Å². The summed E-state index contributed by atoms with van der Waals surface area (Å²) in [6.07, 6.45) is 1.34. The Morgan fingerprint density at radius 1 is 0.958 bits per heavy atom. The summed E-state index contributed by atoms with van der Waals surface area (Å²) in [6, 6.07) is 11.0. The maximum Gasteiger partial charge on any atom is 0.235 e. The minimum absolute atomic E-state index is 0.160. The molecule has 0 saturated heterocycles. The largest absolute Gasteiger partial charge is 0.324 e. The lowest BCUT2D eigenvalue weighted by Crippen LogP contribution is -2.28. The number of halogens is 2. The molecule has 0 heterocycles. The number of benzene rings is 2. The van der Waals surface area contributed by atoms with Gasteiger partial charge >= 0.3 is 0 Å². The van der Waals surface area contributed by atoms with Gasteiger partial charge in [0.25, 0.3) is 0 Å². The van der Waals surface area contributed by atoms with Crippen LogP contribution in [-0.2, 0) is 15.0 Å². The molecule has 24 heavy (non-hydrogen) atoms. The maximum absolute atomic E-state index is 14.0. The molecule has 2 aromatic carbocycles. The molecule has 2 aromatic rings. The van der Waals surface area contributed by atoms with Crippen molar-refractivity contribution in [3.05, 3.63) is 59.7 Å². The zero-order valence-electron chi connectivity index (χ0n) is 13.0. The van der Waals surface area contributed by atoms with Crippen molar-refractivity contribution in [2.75, 3.05) is 10.6 Å². The van der Waals surface area contributed by atoms with Gasteiger partial charge in [-0.05, 0) is 24.5 Å². The van der Waals surface area contributed by atoms with Crippen LogP contribution in [0.2, 0.25) is 0 Å². The normalized spacial score (nSPS) is 14.8. The number of rotatable bonds is 4. The number of hydrogen-bond donors (Lipinski definition) is 2. The molecular formula is C18H16F2N2O2. The molecule has 2 amide bonds. The van der Waals surface area contributed by atoms with Crippen molar-refractivity contribution in [3.63, 3.8) is 0 Å². The minimum atomic E-state index is -0.898. The van der Waals surface area contributed by atoms with Gasteiger partial charge in [0.05, 0.1) is 16.8 Å². The van der Waals surface area contributed by atoms with Gasteiger partial charge in [0.15, 0.2) is 0 Å². The van der Waals surface area contributed by atoms with E-state index in [2.05, 4.69) is 10.6 Å². The molecule has 0 spiro atoms. The van der Waals surface area contributed by atoms with Crippen molar-refractivity contribution >= 4 is 23.2 Å². The summed E-state index contributed by atoms with van der Waals surface area (Å²) in [5, 5.41) is 4.79. The Kier molecular flexibility index (Phi) is 4.05. The predicted molar refractivity (Wildman–Crippen MR) is 86.6 cm³/mol. The molecule has 0 radical (unpaired) electrons. The first-order chi connectivity index (χ1) is 11.4. The smallest absolute Gasteiger partial charge is 0.235 e. The Morgan fingerprint density at radius 3 is 2.08 bits per heavy atom. The van der Waals surface area contributed by atoms with Gasteiger partial charge in [-0.2, -0.15) is 0 Å². The van der Waals surface area contributed by atoms with Crippen LogP contribution in [-0.4, -0.2) is 11.8 Å². The fourth-order valence-corrected chi connectivity index (χ4v) is 2.70. The number of carbonyl (C=O) groups excluding carboxylic acids is 2. The van der Waals surface area contributed by atoms with Crippen LogP contribution in [0.4, 0.5) is 20.2 Å². The number of anilines is 2. The molecular weight excluding hydrogens is 314 g/mol. The molecule has 3 rings (SSSR count). The quantitative estimate of drug-likeness (QED) is 0.900. The zero-order chi connectivity index (χ0) is 17.3. The van der Waals surface area contributed by atoms with Crippen molar-refractivity contribution in [1.29, 1.82) is 0 Å². The van der Waals surface area contributed by atoms with E-state index in [1.165, 1.54) is 6.92 Å². The monoisotopic (exact) mass is 330 g/mol. The van der Waals surface area contributed by atoms with Crippen LogP contribution >= 0.6 is 0 Å². The Hall–Kier alpha value is -2.76. The van der Waals surface area contributed by atoms with Crippen molar-refractivity contribution < 1.29 is 18.4 Å². The highest BCUT2D eigenvalue weighted by Gasteiger charge is 2.51. The van der Waals surface area contributed by atoms with Gasteiger partial charge in [-0.1, -0.05) is 30.3 Å². The van der Waals surface area contributed by atoms with Crippen LogP contribution in [0.5, 0.6) is 0 Å². The second-order valence-corrected chi connectivity index (χ2v) is 5.90. The van der Waals surface area contributed by atoms with E-state index in [4.69, 9.17) is 0 Å². The lowest BCUT2D eigenvalue weighted by molar-refractivity contribution is -0.118. The molecule has 0 aliphatic heterocycles. The molecule has 0 atom stereocenters. The molecule has 1 aliphatic rings. The van der Waals surface area contributed by atoms with Gasteiger partial charge in [-0.25, -0.2) is 8.78 Å². The molecule has 0 unspecified atom stereocenters. The third kappa shape index (κ3) is 2.99. The second kappa shape index (κ2) is 6.03. The Bertz CT molecular complexity index is 802. The Balaban J connectivity index is 1.86. The van der Waals surface area contributed by atoms with E-state index in [0.29, 0.717) is 18.9 Å². The average molecular weight is 330 g/mol. The highest BCUT2D eigenvalue weighted by Crippen LogP contribution is 2.49. The minimum Gasteiger partial charge on any atom is -0.324 e. The SMILES string of the molecule is CC(=O)Nc1cc(NC(=O)C2(c3ccccc3)CC2)c(F)cc1F. The number of nitrogens with one attached hydrogen (secondary N) is 2. The fourth-order valence-electron chi connectivity index (χ4n) is 2.70. The summed E-state index contributed by atoms with van der Waals surface area (Å²) < 4.78 is 27.6. The average Bonchev–Trinajstić information content (AvgIpc) is 3.34. The molecule has 124 valence electrons. The van der Waals surface area contributed by atoms with Gasteiger partial charge < -0.3 is 10.6 Å². The van der Waals surface area contributed by atoms with Gasteiger partial charge in [0.1, 0.15) is 11.6 Å². The first kappa shape index (κ1) is 16.1. The summed E-state index contributed by atoms with van der Waals surface area (Å²) in [5.74, 6) is -2.61. The number of hydrogen-bond acceptors (Lipinski definition) is 2. The highest BCUT2D eigenvalue weighted by atomic mass is 19.1. The van der Waals surface area contributed by atoms with Crippen LogP contribution < -0.4 is 10.6 Å². The zero-order valence-corrected chi connectivity index (χ0v) is 13.0. The van der Waals surface area contributed by atoms with Crippen molar-refractivity contribution in [2.24, 2.45) is 0 Å². The lowest BCUT2D eigenvalue weighted by Gasteiger charge is -2.17. The van der Waals surface area contributed by atoms with Gasteiger partial charge in [0, 0.05) is 13.0 Å². The Labute approximate surface area is 137 Å². The van der Waals surface area contributed by atoms with Crippen molar-refractivity contribution in [1.82, 2.24) is 0 Å². The van der Waals surface area contributed by atoms with Crippen LogP contribution in [0, 0.1) is 11.6 Å². The molecule has 0 bridgehead atoms. The van der Waals surface area contributed by atoms with Crippen molar-refractivity contribution in [3.8, 4) is 0 Å². The fraction of sp³-hybridized carbons (Fsp3) is 0.222. The summed E-state index contributed by atoms with van der Waals surface area (Å²) in [4.78, 5) is 23.7. The van der Waals surface area contributed by atoms with Gasteiger partial charge in [-0.3, -0.25) is 9.59 Å². The molecule has 1 aliphatic carbocycles. The van der Waals surface area contributed by atoms with Crippen LogP contribution in [0.25, 0.3) is 0 Å². The van der Waals surface area contributed by atoms with Crippen LogP contribution in [0.3, 0.4) is 0 Å². The molecule has 0 aromatic heterocycles. The summed E-state index contributed by atoms with van der Waals surface area (Å²) >= 11 is 0. The molecule has 4 nitrogen and oxygen atoms in total. The first-order valence-electron chi connectivity index (χ1n) is 7.56. The van der Waals surface area contributed by atoms with E-state index in [0.717, 1.165) is 11.6 Å². The van der Waals surface area contributed by atoms with E-state index in [1.54, 1.807) is 0 Å². The standard InChI is InChI=1S/C18H16F2N2O2/c1-11(23)21-15-10-16(14(20)9-13(15)19)22-17(24)18(7-8-18)12-5-3-2-4-6-12/h2-6,9-10H,7-8H2,1H3,(H,21,23)(H,22,24). The summed E-state index contributed by atoms with van der Waals surface area (Å²) in [7, 11) is 0. The summed E-state index contributed by atoms with van der Waals surface area (Å²) in [5.41, 5.74) is -0.140. The third-order valence-electron chi connectivity index (χ3n) is 4.13.